The molecule has 24 heavy (non-hydrogen) atoms. The molecule has 0 radical (unpaired) electrons. The van der Waals surface area contributed by atoms with Crippen LogP contribution in [0.15, 0.2) is 0 Å². The maximum Gasteiger partial charge on any atom is 0.303 e. The number of carboxylic acids is 1. The Labute approximate surface area is 152 Å². The second-order valence-electron chi connectivity index (χ2n) is 8.76. The second kappa shape index (κ2) is 16.2. The van der Waals surface area contributed by atoms with Gasteiger partial charge >= 0.3 is 5.97 Å². The number of hydrogen-bond acceptors (Lipinski definition) is 1. The maximum atomic E-state index is 10.4. The first-order valence-corrected chi connectivity index (χ1v) is 14.3. The van der Waals surface area contributed by atoms with Gasteiger partial charge in [-0.2, -0.15) is 0 Å². The van der Waals surface area contributed by atoms with Crippen molar-refractivity contribution in [2.75, 3.05) is 0 Å². The number of rotatable bonds is 18. The largest absolute Gasteiger partial charge is 0.481 e. The number of hydrogen-bond donors (Lipinski definition) is 1. The molecule has 0 aromatic carbocycles. The van der Waals surface area contributed by atoms with Crippen LogP contribution in [0.3, 0.4) is 0 Å². The molecular weight excluding hydrogens is 312 g/mol. The van der Waals surface area contributed by atoms with Crippen LogP contribution in [-0.4, -0.2) is 19.1 Å². The van der Waals surface area contributed by atoms with Crippen molar-refractivity contribution in [2.24, 2.45) is 0 Å². The highest BCUT2D eigenvalue weighted by atomic mass is 28.3. The summed E-state index contributed by atoms with van der Waals surface area (Å²) in [7, 11) is -0.792. The summed E-state index contributed by atoms with van der Waals surface area (Å²) < 4.78 is 0. The van der Waals surface area contributed by atoms with Gasteiger partial charge in [-0.15, -0.1) is 0 Å². The first-order chi connectivity index (χ1) is 11.4. The third-order valence-corrected chi connectivity index (χ3v) is 6.67. The highest BCUT2D eigenvalue weighted by molar-refractivity contribution is 6.76. The van der Waals surface area contributed by atoms with Crippen LogP contribution in [0.1, 0.15) is 103 Å². The van der Waals surface area contributed by atoms with Crippen LogP contribution in [0.4, 0.5) is 0 Å². The molecule has 0 spiro atoms. The van der Waals surface area contributed by atoms with Gasteiger partial charge in [0.2, 0.25) is 0 Å². The number of carboxylic acid groups (broad SMARTS) is 1. The van der Waals surface area contributed by atoms with Crippen LogP contribution < -0.4 is 0 Å². The van der Waals surface area contributed by atoms with E-state index >= 15 is 0 Å². The SMILES string of the molecule is C[Si](C)(C)CCCCCCCCCCCCCCCCCC(=O)O. The summed E-state index contributed by atoms with van der Waals surface area (Å²) in [5.41, 5.74) is 0. The Balaban J connectivity index is 3.04. The Kier molecular flexibility index (Phi) is 16.0. The van der Waals surface area contributed by atoms with Gasteiger partial charge in [0.25, 0.3) is 0 Å². The van der Waals surface area contributed by atoms with Crippen LogP contribution in [0.2, 0.25) is 25.7 Å². The number of carbonyl (C=O) groups is 1. The first-order valence-electron chi connectivity index (χ1n) is 10.6. The zero-order valence-electron chi connectivity index (χ0n) is 16.9. The van der Waals surface area contributed by atoms with Gasteiger partial charge in [0, 0.05) is 14.5 Å². The third kappa shape index (κ3) is 21.7. The Morgan fingerprint density at radius 1 is 0.583 bits per heavy atom. The average Bonchev–Trinajstić information content (AvgIpc) is 2.49. The molecule has 2 nitrogen and oxygen atoms in total. The van der Waals surface area contributed by atoms with Crippen molar-refractivity contribution < 1.29 is 9.90 Å². The topological polar surface area (TPSA) is 37.3 Å². The van der Waals surface area contributed by atoms with Gasteiger partial charge in [0.1, 0.15) is 0 Å². The summed E-state index contributed by atoms with van der Waals surface area (Å²) in [6.45, 7) is 7.44. The molecule has 144 valence electrons. The fourth-order valence-corrected chi connectivity index (χ4v) is 4.54. The van der Waals surface area contributed by atoms with E-state index in [2.05, 4.69) is 19.6 Å². The summed E-state index contributed by atoms with van der Waals surface area (Å²) in [5.74, 6) is -0.651. The molecular formula is C21H44O2Si. The fourth-order valence-electron chi connectivity index (χ4n) is 3.23. The van der Waals surface area contributed by atoms with Gasteiger partial charge in [-0.1, -0.05) is 116 Å². The molecule has 0 fully saturated rings. The molecule has 0 aliphatic heterocycles. The minimum atomic E-state index is -0.792. The van der Waals surface area contributed by atoms with E-state index in [-0.39, 0.29) is 0 Å². The van der Waals surface area contributed by atoms with E-state index in [1.165, 1.54) is 89.5 Å². The summed E-state index contributed by atoms with van der Waals surface area (Å²) in [6.07, 6.45) is 20.4. The predicted octanol–water partition coefficient (Wildman–Crippen LogP) is 7.65. The molecule has 0 saturated carbocycles. The summed E-state index contributed by atoms with van der Waals surface area (Å²) in [6, 6.07) is 1.51. The van der Waals surface area contributed by atoms with Crippen molar-refractivity contribution >= 4 is 14.0 Å². The lowest BCUT2D eigenvalue weighted by Crippen LogP contribution is -2.18. The normalized spacial score (nSPS) is 11.8. The summed E-state index contributed by atoms with van der Waals surface area (Å²) in [5, 5.41) is 8.56. The van der Waals surface area contributed by atoms with Gasteiger partial charge in [-0.05, 0) is 6.42 Å². The van der Waals surface area contributed by atoms with E-state index in [1.807, 2.05) is 0 Å². The number of aliphatic carboxylic acids is 1. The molecule has 0 aliphatic carbocycles. The van der Waals surface area contributed by atoms with Crippen LogP contribution in [0, 0.1) is 0 Å². The van der Waals surface area contributed by atoms with Crippen molar-refractivity contribution in [1.29, 1.82) is 0 Å². The van der Waals surface area contributed by atoms with E-state index in [1.54, 1.807) is 0 Å². The van der Waals surface area contributed by atoms with E-state index in [0.717, 1.165) is 12.8 Å². The highest BCUT2D eigenvalue weighted by Crippen LogP contribution is 2.16. The van der Waals surface area contributed by atoms with E-state index in [9.17, 15) is 4.79 Å². The summed E-state index contributed by atoms with van der Waals surface area (Å²) in [4.78, 5) is 10.4. The molecule has 0 amide bonds. The molecule has 0 atom stereocenters. The molecule has 0 heterocycles. The molecule has 0 unspecified atom stereocenters. The van der Waals surface area contributed by atoms with Gasteiger partial charge < -0.3 is 5.11 Å². The van der Waals surface area contributed by atoms with Crippen molar-refractivity contribution in [3.05, 3.63) is 0 Å². The van der Waals surface area contributed by atoms with Crippen LogP contribution in [0.25, 0.3) is 0 Å². The van der Waals surface area contributed by atoms with Crippen LogP contribution in [0.5, 0.6) is 0 Å². The van der Waals surface area contributed by atoms with Gasteiger partial charge in [-0.25, -0.2) is 0 Å². The lowest BCUT2D eigenvalue weighted by Gasteiger charge is -2.14. The molecule has 0 bridgehead atoms. The second-order valence-corrected chi connectivity index (χ2v) is 14.4. The monoisotopic (exact) mass is 356 g/mol. The van der Waals surface area contributed by atoms with E-state index in [4.69, 9.17) is 5.11 Å². The zero-order valence-corrected chi connectivity index (χ0v) is 17.9. The molecule has 0 aliphatic rings. The Bertz CT molecular complexity index is 284. The Morgan fingerprint density at radius 3 is 1.17 bits per heavy atom. The maximum absolute atomic E-state index is 10.4. The van der Waals surface area contributed by atoms with Crippen molar-refractivity contribution in [3.8, 4) is 0 Å². The highest BCUT2D eigenvalue weighted by Gasteiger charge is 2.11. The minimum absolute atomic E-state index is 0.346. The van der Waals surface area contributed by atoms with Gasteiger partial charge in [0.05, 0.1) is 0 Å². The average molecular weight is 357 g/mol. The molecule has 3 heteroatoms. The molecule has 0 aromatic rings. The Hall–Kier alpha value is -0.313. The quantitative estimate of drug-likeness (QED) is 0.202. The molecule has 1 N–H and O–H groups in total. The fraction of sp³-hybridized carbons (Fsp3) is 0.952. The molecule has 0 saturated heterocycles. The first kappa shape index (κ1) is 23.7. The lowest BCUT2D eigenvalue weighted by atomic mass is 10.0. The summed E-state index contributed by atoms with van der Waals surface area (Å²) >= 11 is 0. The number of unbranched alkanes of at least 4 members (excludes halogenated alkanes) is 14. The third-order valence-electron chi connectivity index (χ3n) is 4.82. The standard InChI is InChI=1S/C21H44O2Si/c1-24(2,3)20-18-16-14-12-10-8-6-4-5-7-9-11-13-15-17-19-21(22)23/h4-20H2,1-3H3,(H,22,23). The van der Waals surface area contributed by atoms with E-state index in [0.29, 0.717) is 6.42 Å². The smallest absolute Gasteiger partial charge is 0.303 e. The van der Waals surface area contributed by atoms with Gasteiger partial charge in [0.15, 0.2) is 0 Å². The molecule has 0 aromatic heterocycles. The minimum Gasteiger partial charge on any atom is -0.481 e. The van der Waals surface area contributed by atoms with Crippen LogP contribution in [-0.2, 0) is 4.79 Å². The van der Waals surface area contributed by atoms with E-state index < -0.39 is 14.0 Å². The zero-order chi connectivity index (χ0) is 18.1. The van der Waals surface area contributed by atoms with Crippen molar-refractivity contribution in [1.82, 2.24) is 0 Å². The van der Waals surface area contributed by atoms with Gasteiger partial charge in [-0.3, -0.25) is 4.79 Å². The molecule has 0 rings (SSSR count). The lowest BCUT2D eigenvalue weighted by molar-refractivity contribution is -0.137. The van der Waals surface area contributed by atoms with Crippen molar-refractivity contribution in [2.45, 2.75) is 128 Å². The Morgan fingerprint density at radius 2 is 0.875 bits per heavy atom. The van der Waals surface area contributed by atoms with Crippen molar-refractivity contribution in [3.63, 3.8) is 0 Å². The predicted molar refractivity (Wildman–Crippen MR) is 110 cm³/mol. The van der Waals surface area contributed by atoms with Crippen LogP contribution >= 0.6 is 0 Å².